The predicted molar refractivity (Wildman–Crippen MR) is 66.0 cm³/mol. The molecular formula is C9H17Cl3O4. The van der Waals surface area contributed by atoms with E-state index >= 15 is 0 Å². The molecule has 16 heavy (non-hydrogen) atoms. The van der Waals surface area contributed by atoms with Gasteiger partial charge in [-0.2, -0.15) is 0 Å². The first kappa shape index (κ1) is 21.1. The van der Waals surface area contributed by atoms with Gasteiger partial charge in [-0.05, 0) is 13.8 Å². The summed E-state index contributed by atoms with van der Waals surface area (Å²) in [6.45, 7) is 7.31. The van der Waals surface area contributed by atoms with E-state index < -0.39 is 4.30 Å². The Morgan fingerprint density at radius 3 is 1.12 bits per heavy atom. The van der Waals surface area contributed by atoms with Crippen molar-refractivity contribution in [3.8, 4) is 0 Å². The number of esters is 2. The van der Waals surface area contributed by atoms with Gasteiger partial charge in [0.25, 0.3) is 0 Å². The number of carbonyl (C=O) groups is 2. The van der Waals surface area contributed by atoms with E-state index in [-0.39, 0.29) is 11.9 Å². The minimum atomic E-state index is -0.750. The Morgan fingerprint density at radius 1 is 0.938 bits per heavy atom. The van der Waals surface area contributed by atoms with Crippen molar-refractivity contribution in [2.45, 2.75) is 32.0 Å². The van der Waals surface area contributed by atoms with Crippen molar-refractivity contribution in [1.29, 1.82) is 0 Å². The Labute approximate surface area is 111 Å². The third-order valence-corrected chi connectivity index (χ3v) is 0.695. The number of alkyl halides is 3. The minimum absolute atomic E-state index is 0.211. The largest absolute Gasteiger partial charge is 0.466 e. The van der Waals surface area contributed by atoms with Crippen molar-refractivity contribution in [3.05, 3.63) is 0 Å². The first-order valence-corrected chi connectivity index (χ1v) is 5.77. The molecule has 98 valence electrons. The molecule has 0 aromatic carbocycles. The molecule has 0 N–H and O–H groups in total. The third kappa shape index (κ3) is 67.1. The van der Waals surface area contributed by atoms with Crippen LogP contribution in [0.3, 0.4) is 0 Å². The fourth-order valence-electron chi connectivity index (χ4n) is 0.407. The normalized spacial score (nSPS) is 8.00. The summed E-state index contributed by atoms with van der Waals surface area (Å²) in [4.78, 5) is 19.6. The lowest BCUT2D eigenvalue weighted by molar-refractivity contribution is -0.141. The van der Waals surface area contributed by atoms with E-state index in [0.29, 0.717) is 13.2 Å². The quantitative estimate of drug-likeness (QED) is 0.580. The molecule has 0 unspecified atom stereocenters. The first-order chi connectivity index (χ1) is 7.27. The SMILES string of the molecule is CCOC(C)=O.CCOC(C)=O.ClC(Cl)Cl. The summed E-state index contributed by atoms with van der Waals surface area (Å²) >= 11 is 14.4. The van der Waals surface area contributed by atoms with Gasteiger partial charge in [0.05, 0.1) is 13.2 Å². The van der Waals surface area contributed by atoms with E-state index in [1.807, 2.05) is 0 Å². The Balaban J connectivity index is -0.000000162. The average molecular weight is 296 g/mol. The number of carbonyl (C=O) groups excluding carboxylic acids is 2. The van der Waals surface area contributed by atoms with E-state index in [1.54, 1.807) is 13.8 Å². The topological polar surface area (TPSA) is 52.6 Å². The highest BCUT2D eigenvalue weighted by atomic mass is 35.6. The van der Waals surface area contributed by atoms with Gasteiger partial charge in [0.2, 0.25) is 0 Å². The molecule has 0 aromatic rings. The molecule has 0 aliphatic rings. The lowest BCUT2D eigenvalue weighted by Gasteiger charge is -1.89. The molecule has 0 amide bonds. The first-order valence-electron chi connectivity index (χ1n) is 4.46. The monoisotopic (exact) mass is 294 g/mol. The summed E-state index contributed by atoms with van der Waals surface area (Å²) in [5, 5.41) is 0. The van der Waals surface area contributed by atoms with Gasteiger partial charge in [-0.3, -0.25) is 9.59 Å². The van der Waals surface area contributed by atoms with Crippen LogP contribution >= 0.6 is 34.8 Å². The maximum Gasteiger partial charge on any atom is 0.302 e. The Bertz CT molecular complexity index is 155. The molecule has 0 heterocycles. The molecular weight excluding hydrogens is 278 g/mol. The molecule has 7 heteroatoms. The van der Waals surface area contributed by atoms with Crippen LogP contribution in [-0.2, 0) is 19.1 Å². The third-order valence-electron chi connectivity index (χ3n) is 0.695. The minimum Gasteiger partial charge on any atom is -0.466 e. The highest BCUT2D eigenvalue weighted by Crippen LogP contribution is 2.03. The summed E-state index contributed by atoms with van der Waals surface area (Å²) in [7, 11) is 0. The number of rotatable bonds is 2. The summed E-state index contributed by atoms with van der Waals surface area (Å²) in [6.07, 6.45) is 0. The zero-order valence-electron chi connectivity index (χ0n) is 9.76. The molecule has 0 aliphatic heterocycles. The fourth-order valence-corrected chi connectivity index (χ4v) is 0.407. The molecule has 0 bridgehead atoms. The Hall–Kier alpha value is -0.190. The summed E-state index contributed by atoms with van der Waals surface area (Å²) in [5.41, 5.74) is 0. The van der Waals surface area contributed by atoms with Crippen LogP contribution in [0.5, 0.6) is 0 Å². The van der Waals surface area contributed by atoms with Crippen molar-refractivity contribution in [1.82, 2.24) is 0 Å². The molecule has 0 rings (SSSR count). The van der Waals surface area contributed by atoms with E-state index in [4.69, 9.17) is 34.8 Å². The molecule has 0 spiro atoms. The second-order valence-corrected chi connectivity index (χ2v) is 4.08. The fraction of sp³-hybridized carbons (Fsp3) is 0.778. The number of hydrogen-bond donors (Lipinski definition) is 0. The van der Waals surface area contributed by atoms with E-state index in [1.165, 1.54) is 13.8 Å². The second-order valence-electron chi connectivity index (χ2n) is 2.10. The van der Waals surface area contributed by atoms with Crippen LogP contribution in [-0.4, -0.2) is 29.4 Å². The smallest absolute Gasteiger partial charge is 0.302 e. The maximum absolute atomic E-state index is 9.82. The van der Waals surface area contributed by atoms with Crippen molar-refractivity contribution >= 4 is 46.7 Å². The molecule has 4 nitrogen and oxygen atoms in total. The standard InChI is InChI=1S/2C4H8O2.CHCl3/c2*1-3-6-4(2)5;2-1(3)4/h2*3H2,1-2H3;1H. The second kappa shape index (κ2) is 17.2. The predicted octanol–water partition coefficient (Wildman–Crippen LogP) is 3.13. The highest BCUT2D eigenvalue weighted by Gasteiger charge is 1.82. The molecule has 0 saturated carbocycles. The van der Waals surface area contributed by atoms with Gasteiger partial charge in [0.1, 0.15) is 0 Å². The summed E-state index contributed by atoms with van der Waals surface area (Å²) in [6, 6.07) is 0. The molecule has 0 saturated heterocycles. The van der Waals surface area contributed by atoms with Gasteiger partial charge < -0.3 is 9.47 Å². The number of ether oxygens (including phenoxy) is 2. The zero-order valence-corrected chi connectivity index (χ0v) is 12.0. The molecule has 0 atom stereocenters. The van der Waals surface area contributed by atoms with Crippen molar-refractivity contribution in [3.63, 3.8) is 0 Å². The van der Waals surface area contributed by atoms with E-state index in [2.05, 4.69) is 9.47 Å². The van der Waals surface area contributed by atoms with Crippen LogP contribution in [0.4, 0.5) is 0 Å². The molecule has 0 aromatic heterocycles. The zero-order chi connectivity index (χ0) is 13.6. The maximum atomic E-state index is 9.82. The van der Waals surface area contributed by atoms with Gasteiger partial charge in [0.15, 0.2) is 4.30 Å². The van der Waals surface area contributed by atoms with E-state index in [0.717, 1.165) is 0 Å². The Morgan fingerprint density at radius 2 is 1.12 bits per heavy atom. The molecule has 0 aliphatic carbocycles. The van der Waals surface area contributed by atoms with Crippen LogP contribution in [0, 0.1) is 0 Å². The lowest BCUT2D eigenvalue weighted by atomic mass is 10.8. The van der Waals surface area contributed by atoms with Crippen molar-refractivity contribution in [2.75, 3.05) is 13.2 Å². The summed E-state index contributed by atoms with van der Waals surface area (Å²) in [5.74, 6) is -0.421. The highest BCUT2D eigenvalue weighted by molar-refractivity contribution is 6.63. The van der Waals surface area contributed by atoms with Crippen LogP contribution in [0.25, 0.3) is 0 Å². The number of hydrogen-bond acceptors (Lipinski definition) is 4. The van der Waals surface area contributed by atoms with Gasteiger partial charge >= 0.3 is 11.9 Å². The Kier molecular flexibility index (Phi) is 22.7. The van der Waals surface area contributed by atoms with Crippen LogP contribution in [0.2, 0.25) is 0 Å². The van der Waals surface area contributed by atoms with Gasteiger partial charge in [-0.25, -0.2) is 0 Å². The van der Waals surface area contributed by atoms with Crippen molar-refractivity contribution < 1.29 is 19.1 Å². The van der Waals surface area contributed by atoms with Crippen molar-refractivity contribution in [2.24, 2.45) is 0 Å². The van der Waals surface area contributed by atoms with Crippen LogP contribution < -0.4 is 0 Å². The van der Waals surface area contributed by atoms with E-state index in [9.17, 15) is 9.59 Å². The lowest BCUT2D eigenvalue weighted by Crippen LogP contribution is -1.95. The van der Waals surface area contributed by atoms with Gasteiger partial charge in [0, 0.05) is 13.8 Å². The van der Waals surface area contributed by atoms with Gasteiger partial charge in [-0.15, -0.1) is 0 Å². The number of halogens is 3. The summed E-state index contributed by atoms with van der Waals surface area (Å²) < 4.78 is 8.06. The van der Waals surface area contributed by atoms with Crippen LogP contribution in [0.1, 0.15) is 27.7 Å². The van der Waals surface area contributed by atoms with Gasteiger partial charge in [-0.1, -0.05) is 34.8 Å². The molecule has 0 radical (unpaired) electrons. The molecule has 0 fully saturated rings. The van der Waals surface area contributed by atoms with Crippen LogP contribution in [0.15, 0.2) is 0 Å². The average Bonchev–Trinajstić information content (AvgIpc) is 2.02.